The van der Waals surface area contributed by atoms with Crippen LogP contribution in [0.1, 0.15) is 44.4 Å². The Morgan fingerprint density at radius 1 is 0.397 bits per heavy atom. The first-order valence-corrected chi connectivity index (χ1v) is 49.2. The molecule has 0 aliphatic rings. The summed E-state index contributed by atoms with van der Waals surface area (Å²) in [6, 6.07) is 97.8. The molecule has 19 rings (SSSR count). The van der Waals surface area contributed by atoms with Gasteiger partial charge in [0, 0.05) is 145 Å². The maximum Gasteiger partial charge on any atom is 0.0697 e. The zero-order chi connectivity index (χ0) is 99.8. The number of aliphatic hydroxyl groups excluding tert-OH is 2. The van der Waals surface area contributed by atoms with Gasteiger partial charge in [-0.05, 0) is 124 Å². The second-order valence-electron chi connectivity index (χ2n) is 28.5. The molecule has 0 atom stereocenters. The number of hydrogen-bond acceptors (Lipinski definition) is 23. The molecular formula is C107H80ClF7Ir3N7O10S6-4. The fourth-order valence-electron chi connectivity index (χ4n) is 11.4. The van der Waals surface area contributed by atoms with Crippen LogP contribution in [0.3, 0.4) is 0 Å². The Hall–Kier alpha value is -12.9. The molecule has 726 valence electrons. The van der Waals surface area contributed by atoms with Gasteiger partial charge in [-0.2, -0.15) is 81.2 Å². The summed E-state index contributed by atoms with van der Waals surface area (Å²) in [5.41, 5.74) is 11.9. The monoisotopic (exact) mass is 2560 g/mol. The van der Waals surface area contributed by atoms with Gasteiger partial charge in [-0.25, -0.2) is 19.2 Å². The van der Waals surface area contributed by atoms with Gasteiger partial charge in [-0.1, -0.05) is 129 Å². The second-order valence-corrected chi connectivity index (χ2v) is 34.7. The van der Waals surface area contributed by atoms with Crippen molar-refractivity contribution in [3.8, 4) is 63.4 Å². The van der Waals surface area contributed by atoms with Gasteiger partial charge in [0.15, 0.2) is 0 Å². The summed E-state index contributed by atoms with van der Waals surface area (Å²) >= 11 is 10.7. The fraction of sp³-hybridized carbons (Fsp3) is 0.0935. The molecule has 0 amide bonds. The molecule has 2 radical (unpaired) electrons. The van der Waals surface area contributed by atoms with Crippen molar-refractivity contribution in [1.82, 2.24) is 34.9 Å². The predicted molar refractivity (Wildman–Crippen MR) is 539 cm³/mol. The van der Waals surface area contributed by atoms with E-state index >= 15 is 0 Å². The molecule has 2 N–H and O–H groups in total. The molecule has 34 heteroatoms. The van der Waals surface area contributed by atoms with E-state index in [2.05, 4.69) is 157 Å². The summed E-state index contributed by atoms with van der Waals surface area (Å²) in [5.74, 6) is -5.23. The number of carbonyl (C=O) groups excluding carboxylic acids is 4. The molecule has 19 aromatic rings. The largest absolute Gasteiger partial charge is 0.285 e. The van der Waals surface area contributed by atoms with Crippen LogP contribution in [0.2, 0.25) is 0 Å². The van der Waals surface area contributed by atoms with E-state index in [0.29, 0.717) is 20.6 Å². The van der Waals surface area contributed by atoms with E-state index in [1.165, 1.54) is 105 Å². The summed E-state index contributed by atoms with van der Waals surface area (Å²) in [4.78, 5) is 73.9. The number of carbonyl (C=O) groups is 4. The summed E-state index contributed by atoms with van der Waals surface area (Å²) in [5, 5.41) is 22.1. The van der Waals surface area contributed by atoms with E-state index in [4.69, 9.17) is 10.2 Å². The number of fused-ring (bicyclic) bond motifs is 6. The number of benzene rings is 12. The molecular weight excluding hydrogens is 2480 g/mol. The molecule has 12 aromatic carbocycles. The Morgan fingerprint density at radius 3 is 0.986 bits per heavy atom. The number of esters is 4. The third kappa shape index (κ3) is 36.6. The van der Waals surface area contributed by atoms with E-state index in [-0.39, 0.29) is 100 Å². The van der Waals surface area contributed by atoms with Crippen LogP contribution in [0.15, 0.2) is 334 Å². The molecule has 141 heavy (non-hydrogen) atoms. The number of ether oxygens (including phenoxy) is 4. The smallest absolute Gasteiger partial charge is 0.0697 e. The van der Waals surface area contributed by atoms with E-state index < -0.39 is 58.9 Å². The number of rotatable bonds is 17. The van der Waals surface area contributed by atoms with Crippen molar-refractivity contribution in [2.75, 3.05) is 26.4 Å². The van der Waals surface area contributed by atoms with Gasteiger partial charge < -0.3 is 29.2 Å². The van der Waals surface area contributed by atoms with E-state index in [9.17, 15) is 49.9 Å². The van der Waals surface area contributed by atoms with Gasteiger partial charge in [0.1, 0.15) is 26.4 Å². The van der Waals surface area contributed by atoms with Crippen LogP contribution in [0, 0.1) is 66.6 Å². The van der Waals surface area contributed by atoms with Gasteiger partial charge in [0.25, 0.3) is 0 Å². The van der Waals surface area contributed by atoms with Crippen molar-refractivity contribution in [1.29, 1.82) is 0 Å². The zero-order valence-corrected chi connectivity index (χ0v) is 87.8. The average Bonchev–Trinajstić information content (AvgIpc) is 1.70. The number of nitrogens with zero attached hydrogens (tertiary/aromatic N) is 7. The summed E-state index contributed by atoms with van der Waals surface area (Å²) < 4.78 is 116. The number of aromatic nitrogens is 7. The molecule has 0 saturated heterocycles. The van der Waals surface area contributed by atoms with Crippen LogP contribution in [-0.4, -0.2) is 95.4 Å². The normalized spacial score (nSPS) is 10.5. The summed E-state index contributed by atoms with van der Waals surface area (Å²) in [6.45, 7) is 18.0. The predicted octanol–water partition coefficient (Wildman–Crippen LogP) is 29.1. The van der Waals surface area contributed by atoms with Gasteiger partial charge >= 0.3 is 57.5 Å². The third-order valence-corrected chi connectivity index (χ3v) is 24.1. The first-order valence-electron chi connectivity index (χ1n) is 41.3. The van der Waals surface area contributed by atoms with Crippen molar-refractivity contribution in [2.45, 2.75) is 40.8 Å². The van der Waals surface area contributed by atoms with Gasteiger partial charge in [-0.3, -0.25) is 52.4 Å². The van der Waals surface area contributed by atoms with Crippen molar-refractivity contribution in [2.24, 2.45) is 0 Å². The number of hydrogen-bond donors (Lipinski definition) is 2. The van der Waals surface area contributed by atoms with Crippen molar-refractivity contribution < 1.29 is 137 Å². The number of allylic oxidation sites excluding steroid dienone is 2. The van der Waals surface area contributed by atoms with Crippen molar-refractivity contribution >= 4 is 169 Å². The maximum atomic E-state index is 13.6. The molecule has 7 heterocycles. The molecule has 0 bridgehead atoms. The molecule has 7 aromatic heterocycles. The number of thiazole rings is 6. The summed E-state index contributed by atoms with van der Waals surface area (Å²) in [7, 11) is 4.64. The number of alkyl halides is 3. The Balaban J connectivity index is 0.000000194. The minimum absolute atomic E-state index is 0. The molecule has 0 spiro atoms. The zero-order valence-electron chi connectivity index (χ0n) is 75.0. The number of aryl methyl sites for hydroxylation is 1. The number of halogens is 8. The number of pyridine rings is 1. The summed E-state index contributed by atoms with van der Waals surface area (Å²) in [6.07, 6.45) is 2.80. The standard InChI is InChI=1S/C14H7F3NS.C14H10NS.2C13H6F2NS.2C13H8NS.2C10H14O5.C7H7N.ClH.3Ir/c15-14(16,17)10-5-3-4-9(8-10)13-18-11-6-1-2-7-12(11)19-13;1-10-5-4-6-11(9-10)14-15-12-7-2-3-8-13(12)16-14;2*14-8-5-6-9(10(15)7-8)13-16-11-3-1-2-4-12(11)17-13;2*1-2-6-10(7-3-1)13-14-11-8-4-5-9-12(11)15-13;2*1-7(2)10(13)15-5-4-14-9(12)6-8(3)11;1-2-7-3-5-8-6-4-7;;;;/h1-3,5-8H;2-5,7-9H,1H3;2*1-5,7H;2*1-6,8-9H;2*6,11H,1,4-5H2,2-3H3;2-6H,1H2;1H;;;/q6*-1;;;;;;;+3/p-1. The molecule has 0 fully saturated rings. The minimum atomic E-state index is -4.35. The van der Waals surface area contributed by atoms with Crippen LogP contribution in [0.5, 0.6) is 0 Å². The van der Waals surface area contributed by atoms with Crippen LogP contribution < -0.4 is 0 Å². The first kappa shape index (κ1) is 113. The third-order valence-electron chi connectivity index (χ3n) is 17.7. The maximum absolute atomic E-state index is 13.6. The minimum Gasteiger partial charge on any atom is -0.285 e. The number of aliphatic hydroxyl groups is 2. The Kier molecular flexibility index (Phi) is 46.9. The Morgan fingerprint density at radius 2 is 0.695 bits per heavy atom. The fourth-order valence-corrected chi connectivity index (χ4v) is 17.1. The first-order chi connectivity index (χ1) is 67.0. The van der Waals surface area contributed by atoms with Gasteiger partial charge in [0.05, 0.1) is 56.8 Å². The molecule has 0 aliphatic carbocycles. The van der Waals surface area contributed by atoms with Crippen molar-refractivity contribution in [3.63, 3.8) is 0 Å². The van der Waals surface area contributed by atoms with Crippen LogP contribution in [0.25, 0.3) is 131 Å². The molecule has 0 saturated carbocycles. The quantitative estimate of drug-likeness (QED) is 0.0164. The topological polar surface area (TPSA) is 236 Å². The van der Waals surface area contributed by atoms with E-state index in [1.54, 1.807) is 52.5 Å². The molecule has 0 aliphatic heterocycles. The van der Waals surface area contributed by atoms with Crippen LogP contribution >= 0.6 is 77.6 Å². The van der Waals surface area contributed by atoms with Crippen molar-refractivity contribution in [3.05, 3.63) is 410 Å². The molecule has 17 nitrogen and oxygen atoms in total. The Bertz CT molecular complexity index is 6920. The van der Waals surface area contributed by atoms with Gasteiger partial charge in [0.2, 0.25) is 0 Å². The van der Waals surface area contributed by atoms with E-state index in [1.807, 2.05) is 194 Å². The van der Waals surface area contributed by atoms with E-state index in [0.717, 1.165) is 133 Å². The number of para-hydroxylation sites is 6. The SMILES string of the molecule is C=C(C)C(=O)OCCOC(=O)C=C(C)O.C=C(C)C(=O)OCCOC(=O)C=C(C)O.C=Cc1ccncc1.Cc1cc[c-]c(-c2nc3ccccc3s2)c1.FC(F)(F)c1cc[c-]c(-c2nc3ccccc3s2)c1.Fc1c[c-]c(-c2nc3ccccc3s2)c(F)c1.Fc1c[c-]c(-c2nc3ccccc3s2)c(F)c1.[Cl][Ir+2].[Ir].[Ir].[c-]1ccccc1-c1nc2ccccc2s1.[c-]1ccccc1-c1nc2ccccc2s1. The average molecular weight is 2560 g/mol. The second kappa shape index (κ2) is 58.3. The van der Waals surface area contributed by atoms with Gasteiger partial charge in [-0.15, -0.1) is 161 Å². The van der Waals surface area contributed by atoms with Crippen LogP contribution in [-0.2, 0) is 102 Å². The molecule has 0 unspecified atom stereocenters. The Labute approximate surface area is 873 Å². The van der Waals surface area contributed by atoms with Crippen LogP contribution in [0.4, 0.5) is 30.7 Å².